The highest BCUT2D eigenvalue weighted by atomic mass is 16.4. The summed E-state index contributed by atoms with van der Waals surface area (Å²) < 4.78 is 0. The molecule has 0 radical (unpaired) electrons. The molecular weight excluding hydrogens is 228 g/mol. The molecular formula is C14H22N2O2. The van der Waals surface area contributed by atoms with E-state index in [4.69, 9.17) is 0 Å². The lowest BCUT2D eigenvalue weighted by Gasteiger charge is -2.28. The zero-order valence-electron chi connectivity index (χ0n) is 11.3. The number of carboxylic acids is 1. The second-order valence-corrected chi connectivity index (χ2v) is 4.65. The Kier molecular flexibility index (Phi) is 5.28. The van der Waals surface area contributed by atoms with Crippen molar-refractivity contribution in [3.8, 4) is 0 Å². The van der Waals surface area contributed by atoms with Crippen LogP contribution in [0.1, 0.15) is 45.3 Å². The molecule has 18 heavy (non-hydrogen) atoms. The van der Waals surface area contributed by atoms with E-state index in [0.29, 0.717) is 19.4 Å². The van der Waals surface area contributed by atoms with E-state index in [1.165, 1.54) is 0 Å². The van der Waals surface area contributed by atoms with Crippen molar-refractivity contribution in [2.24, 2.45) is 5.41 Å². The van der Waals surface area contributed by atoms with Gasteiger partial charge in [-0.2, -0.15) is 0 Å². The number of rotatable bonds is 7. The molecule has 1 unspecified atom stereocenters. The van der Waals surface area contributed by atoms with Crippen LogP contribution in [0.5, 0.6) is 0 Å². The number of carboxylic acid groups (broad SMARTS) is 1. The fraction of sp³-hybridized carbons (Fsp3) is 0.571. The topological polar surface area (TPSA) is 62.2 Å². The first-order valence-corrected chi connectivity index (χ1v) is 6.43. The van der Waals surface area contributed by atoms with Crippen molar-refractivity contribution in [3.63, 3.8) is 0 Å². The van der Waals surface area contributed by atoms with Crippen molar-refractivity contribution >= 4 is 5.97 Å². The Labute approximate surface area is 108 Å². The highest BCUT2D eigenvalue weighted by Gasteiger charge is 2.34. The average Bonchev–Trinajstić information content (AvgIpc) is 2.41. The third kappa shape index (κ3) is 3.29. The van der Waals surface area contributed by atoms with Gasteiger partial charge in [0.15, 0.2) is 0 Å². The zero-order chi connectivity index (χ0) is 13.6. The molecule has 0 saturated carbocycles. The summed E-state index contributed by atoms with van der Waals surface area (Å²) in [5.74, 6) is -0.728. The summed E-state index contributed by atoms with van der Waals surface area (Å²) >= 11 is 0. The van der Waals surface area contributed by atoms with Crippen molar-refractivity contribution in [2.45, 2.75) is 39.7 Å². The van der Waals surface area contributed by atoms with Gasteiger partial charge in [-0.15, -0.1) is 0 Å². The fourth-order valence-corrected chi connectivity index (χ4v) is 1.96. The number of nitrogens with zero attached hydrogens (tertiary/aromatic N) is 1. The maximum absolute atomic E-state index is 11.4. The average molecular weight is 250 g/mol. The van der Waals surface area contributed by atoms with Crippen molar-refractivity contribution in [3.05, 3.63) is 30.1 Å². The molecule has 0 aliphatic carbocycles. The molecule has 4 nitrogen and oxygen atoms in total. The molecule has 100 valence electrons. The Morgan fingerprint density at radius 1 is 1.44 bits per heavy atom. The van der Waals surface area contributed by atoms with Gasteiger partial charge < -0.3 is 10.4 Å². The van der Waals surface area contributed by atoms with E-state index in [2.05, 4.69) is 10.3 Å². The predicted octanol–water partition coefficient (Wildman–Crippen LogP) is 2.62. The maximum atomic E-state index is 11.4. The summed E-state index contributed by atoms with van der Waals surface area (Å²) in [6.45, 7) is 6.31. The third-order valence-electron chi connectivity index (χ3n) is 3.69. The van der Waals surface area contributed by atoms with Crippen molar-refractivity contribution in [2.75, 3.05) is 6.54 Å². The van der Waals surface area contributed by atoms with E-state index in [9.17, 15) is 9.90 Å². The molecule has 0 aliphatic heterocycles. The lowest BCUT2D eigenvalue weighted by atomic mass is 9.82. The first-order chi connectivity index (χ1) is 8.55. The van der Waals surface area contributed by atoms with Gasteiger partial charge in [0.05, 0.1) is 11.1 Å². The van der Waals surface area contributed by atoms with E-state index in [1.807, 2.05) is 39.0 Å². The molecule has 0 saturated heterocycles. The van der Waals surface area contributed by atoms with Crippen molar-refractivity contribution in [1.82, 2.24) is 10.3 Å². The summed E-state index contributed by atoms with van der Waals surface area (Å²) in [7, 11) is 0. The number of aliphatic carboxylic acids is 1. The fourth-order valence-electron chi connectivity index (χ4n) is 1.96. The Hall–Kier alpha value is -1.42. The van der Waals surface area contributed by atoms with Gasteiger partial charge in [0, 0.05) is 18.8 Å². The zero-order valence-corrected chi connectivity index (χ0v) is 11.3. The summed E-state index contributed by atoms with van der Waals surface area (Å²) in [4.78, 5) is 15.6. The molecule has 0 aliphatic rings. The van der Waals surface area contributed by atoms with Gasteiger partial charge >= 0.3 is 5.97 Å². The molecule has 1 atom stereocenters. The van der Waals surface area contributed by atoms with E-state index in [-0.39, 0.29) is 6.04 Å². The van der Waals surface area contributed by atoms with E-state index in [1.54, 1.807) is 6.20 Å². The van der Waals surface area contributed by atoms with E-state index >= 15 is 0 Å². The van der Waals surface area contributed by atoms with Gasteiger partial charge in [0.2, 0.25) is 0 Å². The summed E-state index contributed by atoms with van der Waals surface area (Å²) in [5, 5.41) is 12.6. The number of carbonyl (C=O) groups is 1. The number of nitrogens with one attached hydrogen (secondary N) is 1. The smallest absolute Gasteiger partial charge is 0.310 e. The van der Waals surface area contributed by atoms with Crippen LogP contribution in [0.25, 0.3) is 0 Å². The molecule has 0 spiro atoms. The predicted molar refractivity (Wildman–Crippen MR) is 71.3 cm³/mol. The first kappa shape index (κ1) is 14.6. The maximum Gasteiger partial charge on any atom is 0.310 e. The molecule has 1 rings (SSSR count). The Bertz CT molecular complexity index is 375. The Balaban J connectivity index is 2.66. The third-order valence-corrected chi connectivity index (χ3v) is 3.69. The van der Waals surface area contributed by atoms with Crippen LogP contribution in [0.3, 0.4) is 0 Å². The van der Waals surface area contributed by atoms with Gasteiger partial charge in [-0.05, 0) is 31.9 Å². The molecule has 1 aromatic heterocycles. The number of hydrogen-bond acceptors (Lipinski definition) is 3. The monoisotopic (exact) mass is 250 g/mol. The molecule has 0 bridgehead atoms. The van der Waals surface area contributed by atoms with Gasteiger partial charge in [-0.3, -0.25) is 9.78 Å². The van der Waals surface area contributed by atoms with Crippen LogP contribution in [0.15, 0.2) is 24.4 Å². The molecule has 4 heteroatoms. The van der Waals surface area contributed by atoms with E-state index in [0.717, 1.165) is 5.69 Å². The molecule has 1 aromatic rings. The minimum atomic E-state index is -0.728. The molecule has 0 amide bonds. The van der Waals surface area contributed by atoms with Crippen LogP contribution in [0, 0.1) is 5.41 Å². The first-order valence-electron chi connectivity index (χ1n) is 6.43. The molecule has 1 heterocycles. The van der Waals surface area contributed by atoms with Crippen LogP contribution in [-0.2, 0) is 4.79 Å². The molecule has 2 N–H and O–H groups in total. The SMILES string of the molecule is CCC(CC)(CNC(C)c1ccccn1)C(=O)O. The van der Waals surface area contributed by atoms with Crippen LogP contribution in [0.4, 0.5) is 0 Å². The minimum Gasteiger partial charge on any atom is -0.481 e. The van der Waals surface area contributed by atoms with Gasteiger partial charge in [-0.25, -0.2) is 0 Å². The van der Waals surface area contributed by atoms with Crippen LogP contribution >= 0.6 is 0 Å². The largest absolute Gasteiger partial charge is 0.481 e. The molecule has 0 fully saturated rings. The quantitative estimate of drug-likeness (QED) is 0.781. The number of hydrogen-bond donors (Lipinski definition) is 2. The Morgan fingerprint density at radius 3 is 2.56 bits per heavy atom. The summed E-state index contributed by atoms with van der Waals surface area (Å²) in [5.41, 5.74) is 0.257. The van der Waals surface area contributed by atoms with Crippen LogP contribution in [-0.4, -0.2) is 22.6 Å². The highest BCUT2D eigenvalue weighted by Crippen LogP contribution is 2.26. The lowest BCUT2D eigenvalue weighted by Crippen LogP contribution is -2.41. The van der Waals surface area contributed by atoms with Crippen molar-refractivity contribution in [1.29, 1.82) is 0 Å². The van der Waals surface area contributed by atoms with Gasteiger partial charge in [0.1, 0.15) is 0 Å². The Morgan fingerprint density at radius 2 is 2.11 bits per heavy atom. The van der Waals surface area contributed by atoms with Crippen LogP contribution in [0.2, 0.25) is 0 Å². The second-order valence-electron chi connectivity index (χ2n) is 4.65. The van der Waals surface area contributed by atoms with E-state index < -0.39 is 11.4 Å². The minimum absolute atomic E-state index is 0.0584. The highest BCUT2D eigenvalue weighted by molar-refractivity contribution is 5.74. The second kappa shape index (κ2) is 6.50. The van der Waals surface area contributed by atoms with Gasteiger partial charge in [-0.1, -0.05) is 19.9 Å². The number of aromatic nitrogens is 1. The van der Waals surface area contributed by atoms with Crippen LogP contribution < -0.4 is 5.32 Å². The van der Waals surface area contributed by atoms with Crippen molar-refractivity contribution < 1.29 is 9.90 Å². The van der Waals surface area contributed by atoms with Gasteiger partial charge in [0.25, 0.3) is 0 Å². The summed E-state index contributed by atoms with van der Waals surface area (Å²) in [6.07, 6.45) is 3.00. The molecule has 0 aromatic carbocycles. The summed E-state index contributed by atoms with van der Waals surface area (Å²) in [6, 6.07) is 5.81. The lowest BCUT2D eigenvalue weighted by molar-refractivity contribution is -0.149. The number of pyridine rings is 1. The normalized spacial score (nSPS) is 13.3. The standard InChI is InChI=1S/C14H22N2O2/c1-4-14(5-2,13(17)18)10-16-11(3)12-8-6-7-9-15-12/h6-9,11,16H,4-5,10H2,1-3H3,(H,17,18).